The summed E-state index contributed by atoms with van der Waals surface area (Å²) in [6, 6.07) is 10.2. The third kappa shape index (κ3) is 5.69. The predicted octanol–water partition coefficient (Wildman–Crippen LogP) is 2.38. The summed E-state index contributed by atoms with van der Waals surface area (Å²) in [6.45, 7) is 1.09. The molecule has 1 aliphatic heterocycles. The quantitative estimate of drug-likeness (QED) is 0.253. The molecule has 0 aromatic heterocycles. The maximum Gasteiger partial charge on any atom is 0.331 e. The molecule has 1 saturated heterocycles. The van der Waals surface area contributed by atoms with Crippen molar-refractivity contribution < 1.29 is 32.3 Å². The first kappa shape index (κ1) is 23.4. The van der Waals surface area contributed by atoms with Gasteiger partial charge in [-0.1, -0.05) is 6.07 Å². The van der Waals surface area contributed by atoms with E-state index in [9.17, 15) is 23.3 Å². The van der Waals surface area contributed by atoms with Crippen molar-refractivity contribution in [2.75, 3.05) is 33.4 Å². The Morgan fingerprint density at radius 1 is 1.19 bits per heavy atom. The molecule has 0 bridgehead atoms. The number of ether oxygens (including phenoxy) is 3. The van der Waals surface area contributed by atoms with Crippen LogP contribution in [0.5, 0.6) is 5.75 Å². The number of methoxy groups -OCH3 is 1. The van der Waals surface area contributed by atoms with Gasteiger partial charge in [0.15, 0.2) is 0 Å². The molecule has 0 radical (unpaired) electrons. The van der Waals surface area contributed by atoms with E-state index in [1.165, 1.54) is 60.0 Å². The number of carbonyl (C=O) groups is 1. The molecular weight excluding hydrogens is 440 g/mol. The number of nitro groups is 1. The lowest BCUT2D eigenvalue weighted by molar-refractivity contribution is -0.384. The molecule has 1 fully saturated rings. The number of nitrogens with zero attached hydrogens (tertiary/aromatic N) is 2. The molecule has 2 aromatic rings. The Balaban J connectivity index is 1.69. The Morgan fingerprint density at radius 2 is 1.88 bits per heavy atom. The van der Waals surface area contributed by atoms with Gasteiger partial charge in [0.05, 0.1) is 25.2 Å². The van der Waals surface area contributed by atoms with Crippen LogP contribution in [0, 0.1) is 10.1 Å². The minimum atomic E-state index is -3.79. The molecule has 0 aliphatic carbocycles. The summed E-state index contributed by atoms with van der Waals surface area (Å²) < 4.78 is 42.9. The van der Waals surface area contributed by atoms with E-state index in [-0.39, 0.29) is 36.0 Å². The van der Waals surface area contributed by atoms with Gasteiger partial charge in [0, 0.05) is 31.3 Å². The second kappa shape index (κ2) is 10.4. The van der Waals surface area contributed by atoms with Gasteiger partial charge in [-0.15, -0.1) is 0 Å². The lowest BCUT2D eigenvalue weighted by atomic mass is 10.2. The van der Waals surface area contributed by atoms with Crippen molar-refractivity contribution in [3.63, 3.8) is 0 Å². The molecule has 0 atom stereocenters. The number of hydrogen-bond donors (Lipinski definition) is 0. The van der Waals surface area contributed by atoms with Gasteiger partial charge in [0.2, 0.25) is 10.0 Å². The number of sulfonamides is 1. The number of carbonyl (C=O) groups excluding carboxylic acids is 1. The normalized spacial score (nSPS) is 14.9. The van der Waals surface area contributed by atoms with E-state index in [0.717, 1.165) is 0 Å². The zero-order valence-electron chi connectivity index (χ0n) is 17.3. The fourth-order valence-corrected chi connectivity index (χ4v) is 4.60. The van der Waals surface area contributed by atoms with Crippen molar-refractivity contribution in [3.8, 4) is 5.75 Å². The van der Waals surface area contributed by atoms with E-state index < -0.39 is 20.9 Å². The van der Waals surface area contributed by atoms with Gasteiger partial charge in [-0.3, -0.25) is 10.1 Å². The zero-order chi connectivity index (χ0) is 23.1. The van der Waals surface area contributed by atoms with Crippen LogP contribution in [0.2, 0.25) is 0 Å². The van der Waals surface area contributed by atoms with Crippen LogP contribution < -0.4 is 4.74 Å². The summed E-state index contributed by atoms with van der Waals surface area (Å²) >= 11 is 0. The topological polar surface area (TPSA) is 125 Å². The molecule has 10 nitrogen and oxygen atoms in total. The minimum absolute atomic E-state index is 0.00305. The van der Waals surface area contributed by atoms with E-state index in [4.69, 9.17) is 14.2 Å². The van der Waals surface area contributed by atoms with Gasteiger partial charge in [-0.2, -0.15) is 4.31 Å². The second-order valence-corrected chi connectivity index (χ2v) is 8.70. The zero-order valence-corrected chi connectivity index (χ0v) is 18.1. The summed E-state index contributed by atoms with van der Waals surface area (Å²) in [5.74, 6) is -0.439. The number of morpholine rings is 1. The molecule has 32 heavy (non-hydrogen) atoms. The van der Waals surface area contributed by atoms with Crippen molar-refractivity contribution in [1.82, 2.24) is 4.31 Å². The van der Waals surface area contributed by atoms with E-state index >= 15 is 0 Å². The Morgan fingerprint density at radius 3 is 2.50 bits per heavy atom. The molecule has 1 heterocycles. The van der Waals surface area contributed by atoms with E-state index in [1.54, 1.807) is 6.07 Å². The number of benzene rings is 2. The Bertz CT molecular complexity index is 1110. The molecule has 3 rings (SSSR count). The van der Waals surface area contributed by atoms with Crippen LogP contribution in [0.1, 0.15) is 11.1 Å². The van der Waals surface area contributed by atoms with Crippen LogP contribution in [-0.2, 0) is 30.9 Å². The summed E-state index contributed by atoms with van der Waals surface area (Å²) in [5, 5.41) is 10.7. The lowest BCUT2D eigenvalue weighted by Crippen LogP contribution is -2.40. The standard InChI is InChI=1S/C21H22N2O8S/c1-29-19-8-4-16(14-20(19)32(27,28)22-10-12-30-13-11-22)5-9-21(24)31-15-17-2-6-18(7-3-17)23(25)26/h2-9,14H,10-13,15H2,1H3. The molecular formula is C21H22N2O8S. The molecule has 11 heteroatoms. The largest absolute Gasteiger partial charge is 0.495 e. The first-order chi connectivity index (χ1) is 15.3. The minimum Gasteiger partial charge on any atom is -0.495 e. The second-order valence-electron chi connectivity index (χ2n) is 6.79. The number of non-ortho nitro benzene ring substituents is 1. The monoisotopic (exact) mass is 462 g/mol. The molecule has 170 valence electrons. The SMILES string of the molecule is COc1ccc(C=CC(=O)OCc2ccc([N+](=O)[O-])cc2)cc1S(=O)(=O)N1CCOCC1. The molecule has 0 unspecified atom stereocenters. The van der Waals surface area contributed by atoms with E-state index in [0.29, 0.717) is 24.3 Å². The van der Waals surface area contributed by atoms with Crippen LogP contribution in [0.15, 0.2) is 53.4 Å². The Hall–Kier alpha value is -3.28. The summed E-state index contributed by atoms with van der Waals surface area (Å²) in [7, 11) is -2.40. The van der Waals surface area contributed by atoms with E-state index in [2.05, 4.69) is 0 Å². The number of nitro benzene ring substituents is 1. The molecule has 0 N–H and O–H groups in total. The van der Waals surface area contributed by atoms with Crippen molar-refractivity contribution in [1.29, 1.82) is 0 Å². The summed E-state index contributed by atoms with van der Waals surface area (Å²) in [4.78, 5) is 22.2. The van der Waals surface area contributed by atoms with Gasteiger partial charge in [0.25, 0.3) is 5.69 Å². The fourth-order valence-electron chi connectivity index (χ4n) is 3.01. The maximum absolute atomic E-state index is 13.0. The molecule has 0 amide bonds. The van der Waals surface area contributed by atoms with Crippen LogP contribution in [0.3, 0.4) is 0 Å². The maximum atomic E-state index is 13.0. The third-order valence-corrected chi connectivity index (χ3v) is 6.64. The highest BCUT2D eigenvalue weighted by Gasteiger charge is 2.29. The van der Waals surface area contributed by atoms with Crippen molar-refractivity contribution >= 4 is 27.8 Å². The highest BCUT2D eigenvalue weighted by Crippen LogP contribution is 2.29. The van der Waals surface area contributed by atoms with Gasteiger partial charge in [-0.25, -0.2) is 13.2 Å². The lowest BCUT2D eigenvalue weighted by Gasteiger charge is -2.26. The molecule has 1 aliphatic rings. The van der Waals surface area contributed by atoms with Crippen LogP contribution in [0.25, 0.3) is 6.08 Å². The first-order valence-corrected chi connectivity index (χ1v) is 11.1. The van der Waals surface area contributed by atoms with Gasteiger partial charge >= 0.3 is 5.97 Å². The van der Waals surface area contributed by atoms with Gasteiger partial charge in [-0.05, 0) is 41.5 Å². The highest BCUT2D eigenvalue weighted by molar-refractivity contribution is 7.89. The average molecular weight is 462 g/mol. The first-order valence-electron chi connectivity index (χ1n) is 9.65. The molecule has 0 saturated carbocycles. The average Bonchev–Trinajstić information content (AvgIpc) is 2.82. The number of hydrogen-bond acceptors (Lipinski definition) is 8. The van der Waals surface area contributed by atoms with Crippen LogP contribution in [-0.4, -0.2) is 57.0 Å². The van der Waals surface area contributed by atoms with Crippen molar-refractivity contribution in [2.24, 2.45) is 0 Å². The Kier molecular flexibility index (Phi) is 7.57. The van der Waals surface area contributed by atoms with Crippen LogP contribution in [0.4, 0.5) is 5.69 Å². The summed E-state index contributed by atoms with van der Waals surface area (Å²) in [5.41, 5.74) is 1.02. The van der Waals surface area contributed by atoms with Crippen molar-refractivity contribution in [3.05, 3.63) is 69.8 Å². The number of esters is 1. The number of rotatable bonds is 8. The van der Waals surface area contributed by atoms with E-state index in [1.807, 2.05) is 0 Å². The highest BCUT2D eigenvalue weighted by atomic mass is 32.2. The predicted molar refractivity (Wildman–Crippen MR) is 114 cm³/mol. The molecule has 2 aromatic carbocycles. The smallest absolute Gasteiger partial charge is 0.331 e. The van der Waals surface area contributed by atoms with Gasteiger partial charge < -0.3 is 14.2 Å². The fraction of sp³-hybridized carbons (Fsp3) is 0.286. The third-order valence-electron chi connectivity index (χ3n) is 4.72. The van der Waals surface area contributed by atoms with Crippen LogP contribution >= 0.6 is 0 Å². The van der Waals surface area contributed by atoms with Gasteiger partial charge in [0.1, 0.15) is 17.3 Å². The van der Waals surface area contributed by atoms with Crippen molar-refractivity contribution in [2.45, 2.75) is 11.5 Å². The molecule has 0 spiro atoms. The Labute approximate surface area is 185 Å². The summed E-state index contributed by atoms with van der Waals surface area (Å²) in [6.07, 6.45) is 2.62.